The lowest BCUT2D eigenvalue weighted by molar-refractivity contribution is -0.117. The van der Waals surface area contributed by atoms with Crippen LogP contribution in [0.5, 0.6) is 5.75 Å². The molecule has 0 spiro atoms. The molecule has 158 valence electrons. The molecule has 3 aromatic carbocycles. The molecule has 0 aromatic heterocycles. The normalized spacial score (nSPS) is 13.2. The number of nitrogens with one attached hydrogen (secondary N) is 2. The van der Waals surface area contributed by atoms with Crippen LogP contribution < -0.4 is 15.4 Å². The monoisotopic (exact) mass is 415 g/mol. The van der Waals surface area contributed by atoms with Gasteiger partial charge in [0, 0.05) is 24.3 Å². The van der Waals surface area contributed by atoms with E-state index in [-0.39, 0.29) is 11.8 Å². The number of carbonyl (C=O) groups is 2. The van der Waals surface area contributed by atoms with Crippen molar-refractivity contribution in [1.29, 1.82) is 0 Å². The Balaban J connectivity index is 1.32. The van der Waals surface area contributed by atoms with Crippen LogP contribution in [0.15, 0.2) is 72.8 Å². The molecule has 1 aliphatic heterocycles. The number of benzene rings is 3. The molecule has 0 atom stereocenters. The van der Waals surface area contributed by atoms with E-state index in [2.05, 4.69) is 33.7 Å². The predicted molar refractivity (Wildman–Crippen MR) is 121 cm³/mol. The third-order valence-corrected chi connectivity index (χ3v) is 5.36. The van der Waals surface area contributed by atoms with Crippen molar-refractivity contribution in [1.82, 2.24) is 4.90 Å². The third-order valence-electron chi connectivity index (χ3n) is 5.36. The number of carbonyl (C=O) groups excluding carboxylic acids is 2. The Kier molecular flexibility index (Phi) is 6.29. The van der Waals surface area contributed by atoms with Gasteiger partial charge in [-0.3, -0.25) is 14.5 Å². The summed E-state index contributed by atoms with van der Waals surface area (Å²) < 4.78 is 5.26. The van der Waals surface area contributed by atoms with Crippen molar-refractivity contribution in [2.45, 2.75) is 13.0 Å². The van der Waals surface area contributed by atoms with Crippen LogP contribution in [0.25, 0.3) is 0 Å². The lowest BCUT2D eigenvalue weighted by Crippen LogP contribution is -2.37. The quantitative estimate of drug-likeness (QED) is 0.640. The van der Waals surface area contributed by atoms with Crippen LogP contribution in [0.1, 0.15) is 21.5 Å². The Bertz CT molecular complexity index is 1080. The second-order valence-corrected chi connectivity index (χ2v) is 7.51. The summed E-state index contributed by atoms with van der Waals surface area (Å²) in [6.45, 7) is 1.99. The zero-order valence-electron chi connectivity index (χ0n) is 17.4. The molecule has 0 radical (unpaired) electrons. The molecule has 0 saturated carbocycles. The number of amides is 2. The van der Waals surface area contributed by atoms with Crippen molar-refractivity contribution in [3.05, 3.63) is 89.5 Å². The van der Waals surface area contributed by atoms with Crippen molar-refractivity contribution in [2.75, 3.05) is 30.8 Å². The first kappa shape index (κ1) is 20.6. The molecule has 6 heteroatoms. The fourth-order valence-electron chi connectivity index (χ4n) is 3.74. The summed E-state index contributed by atoms with van der Waals surface area (Å²) in [6.07, 6.45) is 0.958. The van der Waals surface area contributed by atoms with Gasteiger partial charge in [-0.1, -0.05) is 36.4 Å². The summed E-state index contributed by atoms with van der Waals surface area (Å²) in [6, 6.07) is 22.5. The minimum absolute atomic E-state index is 0.0643. The van der Waals surface area contributed by atoms with E-state index in [0.717, 1.165) is 19.5 Å². The number of ether oxygens (including phenoxy) is 1. The SMILES string of the molecule is COc1ccccc1NC(=O)c1ccc(NC(=O)CN2CCc3ccccc3C2)cc1. The predicted octanol–water partition coefficient (Wildman–Crippen LogP) is 3.94. The van der Waals surface area contributed by atoms with E-state index in [1.807, 2.05) is 18.2 Å². The summed E-state index contributed by atoms with van der Waals surface area (Å²) >= 11 is 0. The van der Waals surface area contributed by atoms with Gasteiger partial charge in [-0.05, 0) is 53.9 Å². The zero-order chi connectivity index (χ0) is 21.6. The molecule has 0 saturated heterocycles. The number of methoxy groups -OCH3 is 1. The molecular formula is C25H25N3O3. The Morgan fingerprint density at radius 1 is 0.903 bits per heavy atom. The van der Waals surface area contributed by atoms with E-state index in [0.29, 0.717) is 29.2 Å². The van der Waals surface area contributed by atoms with Gasteiger partial charge in [-0.15, -0.1) is 0 Å². The molecular weight excluding hydrogens is 390 g/mol. The van der Waals surface area contributed by atoms with Crippen molar-refractivity contribution < 1.29 is 14.3 Å². The summed E-state index contributed by atoms with van der Waals surface area (Å²) in [4.78, 5) is 27.1. The van der Waals surface area contributed by atoms with Gasteiger partial charge >= 0.3 is 0 Å². The molecule has 3 aromatic rings. The summed E-state index contributed by atoms with van der Waals surface area (Å²) in [7, 11) is 1.56. The summed E-state index contributed by atoms with van der Waals surface area (Å²) in [5.74, 6) is 0.292. The van der Waals surface area contributed by atoms with Crippen molar-refractivity contribution >= 4 is 23.2 Å². The second-order valence-electron chi connectivity index (χ2n) is 7.51. The number of hydrogen-bond acceptors (Lipinski definition) is 4. The number of hydrogen-bond donors (Lipinski definition) is 2. The fraction of sp³-hybridized carbons (Fsp3) is 0.200. The molecule has 0 bridgehead atoms. The summed E-state index contributed by atoms with van der Waals surface area (Å²) in [5.41, 5.74) is 4.41. The Labute approximate surface area is 181 Å². The van der Waals surface area contributed by atoms with Crippen molar-refractivity contribution in [2.24, 2.45) is 0 Å². The van der Waals surface area contributed by atoms with Gasteiger partial charge in [0.1, 0.15) is 5.75 Å². The van der Waals surface area contributed by atoms with Gasteiger partial charge < -0.3 is 15.4 Å². The van der Waals surface area contributed by atoms with Gasteiger partial charge in [0.15, 0.2) is 0 Å². The number of anilines is 2. The van der Waals surface area contributed by atoms with Crippen LogP contribution in [0.3, 0.4) is 0 Å². The average molecular weight is 415 g/mol. The molecule has 1 aliphatic rings. The topological polar surface area (TPSA) is 70.7 Å². The molecule has 31 heavy (non-hydrogen) atoms. The van der Waals surface area contributed by atoms with Gasteiger partial charge in [-0.2, -0.15) is 0 Å². The van der Waals surface area contributed by atoms with Crippen molar-refractivity contribution in [3.8, 4) is 5.75 Å². The highest BCUT2D eigenvalue weighted by molar-refractivity contribution is 6.05. The number of fused-ring (bicyclic) bond motifs is 1. The van der Waals surface area contributed by atoms with E-state index in [9.17, 15) is 9.59 Å². The van der Waals surface area contributed by atoms with Crippen LogP contribution in [0.4, 0.5) is 11.4 Å². The van der Waals surface area contributed by atoms with Crippen LogP contribution >= 0.6 is 0 Å². The molecule has 0 aliphatic carbocycles. The molecule has 2 N–H and O–H groups in total. The highest BCUT2D eigenvalue weighted by Crippen LogP contribution is 2.24. The Morgan fingerprint density at radius 3 is 2.39 bits per heavy atom. The standard InChI is InChI=1S/C25H25N3O3/c1-31-23-9-5-4-8-22(23)27-25(30)19-10-12-21(13-11-19)26-24(29)17-28-15-14-18-6-2-3-7-20(18)16-28/h2-13H,14-17H2,1H3,(H,26,29)(H,27,30). The van der Waals surface area contributed by atoms with Gasteiger partial charge in [0.05, 0.1) is 19.3 Å². The smallest absolute Gasteiger partial charge is 0.255 e. The lowest BCUT2D eigenvalue weighted by Gasteiger charge is -2.28. The first-order chi connectivity index (χ1) is 15.1. The number of para-hydroxylation sites is 2. The highest BCUT2D eigenvalue weighted by Gasteiger charge is 2.18. The minimum atomic E-state index is -0.241. The van der Waals surface area contributed by atoms with Gasteiger partial charge in [0.25, 0.3) is 5.91 Å². The molecule has 0 unspecified atom stereocenters. The maximum absolute atomic E-state index is 12.5. The average Bonchev–Trinajstić information content (AvgIpc) is 2.79. The van der Waals surface area contributed by atoms with Crippen molar-refractivity contribution in [3.63, 3.8) is 0 Å². The molecule has 0 fully saturated rings. The molecule has 1 heterocycles. The molecule has 4 rings (SSSR count). The Morgan fingerprint density at radius 2 is 1.61 bits per heavy atom. The van der Waals surface area contributed by atoms with E-state index in [1.54, 1.807) is 43.5 Å². The molecule has 2 amide bonds. The van der Waals surface area contributed by atoms with E-state index < -0.39 is 0 Å². The van der Waals surface area contributed by atoms with E-state index in [4.69, 9.17) is 4.74 Å². The van der Waals surface area contributed by atoms with Gasteiger partial charge in [-0.25, -0.2) is 0 Å². The number of rotatable bonds is 6. The maximum atomic E-state index is 12.5. The van der Waals surface area contributed by atoms with Crippen LogP contribution in [-0.2, 0) is 17.8 Å². The first-order valence-electron chi connectivity index (χ1n) is 10.3. The maximum Gasteiger partial charge on any atom is 0.255 e. The van der Waals surface area contributed by atoms with Crippen LogP contribution in [0, 0.1) is 0 Å². The number of nitrogens with zero attached hydrogens (tertiary/aromatic N) is 1. The highest BCUT2D eigenvalue weighted by atomic mass is 16.5. The fourth-order valence-corrected chi connectivity index (χ4v) is 3.74. The van der Waals surface area contributed by atoms with Gasteiger partial charge in [0.2, 0.25) is 5.91 Å². The lowest BCUT2D eigenvalue weighted by atomic mass is 10.00. The first-order valence-corrected chi connectivity index (χ1v) is 10.3. The van der Waals surface area contributed by atoms with E-state index in [1.165, 1.54) is 11.1 Å². The largest absolute Gasteiger partial charge is 0.495 e. The summed E-state index contributed by atoms with van der Waals surface area (Å²) in [5, 5.41) is 5.76. The third kappa shape index (κ3) is 5.10. The minimum Gasteiger partial charge on any atom is -0.495 e. The zero-order valence-corrected chi connectivity index (χ0v) is 17.4. The van der Waals surface area contributed by atoms with E-state index >= 15 is 0 Å². The van der Waals surface area contributed by atoms with Crippen LogP contribution in [-0.4, -0.2) is 36.9 Å². The second kappa shape index (κ2) is 9.45. The Hall–Kier alpha value is -3.64. The molecule has 6 nitrogen and oxygen atoms in total. The van der Waals surface area contributed by atoms with Crippen LogP contribution in [0.2, 0.25) is 0 Å².